The normalized spacial score (nSPS) is 16.2. The third kappa shape index (κ3) is 5.30. The molecule has 1 amide bonds. The van der Waals surface area contributed by atoms with Gasteiger partial charge in [0.1, 0.15) is 5.75 Å². The van der Waals surface area contributed by atoms with E-state index in [2.05, 4.69) is 21.7 Å². The summed E-state index contributed by atoms with van der Waals surface area (Å²) in [7, 11) is 1.65. The van der Waals surface area contributed by atoms with Gasteiger partial charge in [-0.3, -0.25) is 9.69 Å². The van der Waals surface area contributed by atoms with E-state index >= 15 is 0 Å². The Kier molecular flexibility index (Phi) is 7.05. The minimum absolute atomic E-state index is 0.0804. The second-order valence-electron chi connectivity index (χ2n) is 6.35. The van der Waals surface area contributed by atoms with Crippen LogP contribution in [0.15, 0.2) is 41.8 Å². The number of amides is 1. The van der Waals surface area contributed by atoms with Crippen molar-refractivity contribution in [2.24, 2.45) is 0 Å². The summed E-state index contributed by atoms with van der Waals surface area (Å²) in [4.78, 5) is 16.4. The summed E-state index contributed by atoms with van der Waals surface area (Å²) >= 11 is 1.69. The SMILES string of the molecule is COc1ccc(C(Cc2cccs2)C(=O)NCCN2CCOCC2)cc1. The maximum Gasteiger partial charge on any atom is 0.227 e. The predicted octanol–water partition coefficient (Wildman–Crippen LogP) is 2.53. The molecule has 26 heavy (non-hydrogen) atoms. The molecule has 2 aromatic rings. The van der Waals surface area contributed by atoms with Gasteiger partial charge in [-0.2, -0.15) is 0 Å². The van der Waals surface area contributed by atoms with Gasteiger partial charge in [-0.15, -0.1) is 11.3 Å². The summed E-state index contributed by atoms with van der Waals surface area (Å²) in [6, 6.07) is 11.9. The summed E-state index contributed by atoms with van der Waals surface area (Å²) in [5.74, 6) is 0.692. The first-order chi connectivity index (χ1) is 12.8. The number of ether oxygens (including phenoxy) is 2. The smallest absolute Gasteiger partial charge is 0.227 e. The third-order valence-corrected chi connectivity index (χ3v) is 5.55. The van der Waals surface area contributed by atoms with Crippen LogP contribution in [0.25, 0.3) is 0 Å². The van der Waals surface area contributed by atoms with Crippen molar-refractivity contribution in [3.05, 3.63) is 52.2 Å². The number of nitrogens with one attached hydrogen (secondary N) is 1. The van der Waals surface area contributed by atoms with Gasteiger partial charge in [-0.25, -0.2) is 0 Å². The molecule has 3 rings (SSSR count). The lowest BCUT2D eigenvalue weighted by molar-refractivity contribution is -0.122. The van der Waals surface area contributed by atoms with E-state index in [1.54, 1.807) is 18.4 Å². The van der Waals surface area contributed by atoms with Gasteiger partial charge in [-0.1, -0.05) is 18.2 Å². The molecule has 5 nitrogen and oxygen atoms in total. The summed E-state index contributed by atoms with van der Waals surface area (Å²) in [5.41, 5.74) is 1.02. The van der Waals surface area contributed by atoms with Crippen LogP contribution in [-0.4, -0.2) is 57.3 Å². The van der Waals surface area contributed by atoms with Crippen molar-refractivity contribution in [3.63, 3.8) is 0 Å². The van der Waals surface area contributed by atoms with Crippen LogP contribution in [0, 0.1) is 0 Å². The summed E-state index contributed by atoms with van der Waals surface area (Å²) in [6.45, 7) is 4.96. The molecule has 1 aromatic carbocycles. The van der Waals surface area contributed by atoms with E-state index in [9.17, 15) is 4.79 Å². The number of hydrogen-bond acceptors (Lipinski definition) is 5. The lowest BCUT2D eigenvalue weighted by Gasteiger charge is -2.27. The third-order valence-electron chi connectivity index (χ3n) is 4.65. The number of carbonyl (C=O) groups excluding carboxylic acids is 1. The number of morpholine rings is 1. The van der Waals surface area contributed by atoms with Gasteiger partial charge in [0.05, 0.1) is 26.2 Å². The Labute approximate surface area is 158 Å². The maximum atomic E-state index is 12.9. The second-order valence-corrected chi connectivity index (χ2v) is 7.39. The molecule has 0 bridgehead atoms. The minimum Gasteiger partial charge on any atom is -0.497 e. The topological polar surface area (TPSA) is 50.8 Å². The van der Waals surface area contributed by atoms with Gasteiger partial charge in [0.2, 0.25) is 5.91 Å². The van der Waals surface area contributed by atoms with Crippen LogP contribution >= 0.6 is 11.3 Å². The zero-order valence-electron chi connectivity index (χ0n) is 15.1. The van der Waals surface area contributed by atoms with E-state index in [1.165, 1.54) is 4.88 Å². The van der Waals surface area contributed by atoms with Crippen molar-refractivity contribution >= 4 is 17.2 Å². The van der Waals surface area contributed by atoms with E-state index in [4.69, 9.17) is 9.47 Å². The van der Waals surface area contributed by atoms with E-state index in [1.807, 2.05) is 30.3 Å². The molecule has 140 valence electrons. The number of rotatable bonds is 8. The Bertz CT molecular complexity index is 667. The summed E-state index contributed by atoms with van der Waals surface area (Å²) < 4.78 is 10.6. The Morgan fingerprint density at radius 1 is 1.27 bits per heavy atom. The molecule has 1 aliphatic rings. The predicted molar refractivity (Wildman–Crippen MR) is 104 cm³/mol. The molecule has 0 aliphatic carbocycles. The van der Waals surface area contributed by atoms with Crippen LogP contribution in [0.4, 0.5) is 0 Å². The molecular formula is C20H26N2O3S. The van der Waals surface area contributed by atoms with E-state index in [0.29, 0.717) is 13.0 Å². The van der Waals surface area contributed by atoms with Gasteiger partial charge in [0.25, 0.3) is 0 Å². The fraction of sp³-hybridized carbons (Fsp3) is 0.450. The van der Waals surface area contributed by atoms with Crippen molar-refractivity contribution in [2.45, 2.75) is 12.3 Å². The monoisotopic (exact) mass is 374 g/mol. The Morgan fingerprint density at radius 3 is 2.69 bits per heavy atom. The number of thiophene rings is 1. The van der Waals surface area contributed by atoms with E-state index in [-0.39, 0.29) is 11.8 Å². The highest BCUT2D eigenvalue weighted by atomic mass is 32.1. The standard InChI is InChI=1S/C20H26N2O3S/c1-24-17-6-4-16(5-7-17)19(15-18-3-2-14-26-18)20(23)21-8-9-22-10-12-25-13-11-22/h2-7,14,19H,8-13,15H2,1H3,(H,21,23). The summed E-state index contributed by atoms with van der Waals surface area (Å²) in [6.07, 6.45) is 0.716. The maximum absolute atomic E-state index is 12.9. The molecule has 1 aromatic heterocycles. The highest BCUT2D eigenvalue weighted by Crippen LogP contribution is 2.25. The highest BCUT2D eigenvalue weighted by Gasteiger charge is 2.22. The first-order valence-corrected chi connectivity index (χ1v) is 9.88. The molecule has 1 N–H and O–H groups in total. The van der Waals surface area contributed by atoms with Gasteiger partial charge in [0.15, 0.2) is 0 Å². The van der Waals surface area contributed by atoms with Crippen molar-refractivity contribution < 1.29 is 14.3 Å². The lowest BCUT2D eigenvalue weighted by atomic mass is 9.94. The highest BCUT2D eigenvalue weighted by molar-refractivity contribution is 7.09. The quantitative estimate of drug-likeness (QED) is 0.771. The molecular weight excluding hydrogens is 348 g/mol. The molecule has 0 saturated carbocycles. The molecule has 1 fully saturated rings. The molecule has 1 saturated heterocycles. The first-order valence-electron chi connectivity index (χ1n) is 9.00. The minimum atomic E-state index is -0.191. The largest absolute Gasteiger partial charge is 0.497 e. The Morgan fingerprint density at radius 2 is 2.04 bits per heavy atom. The van der Waals surface area contributed by atoms with Crippen molar-refractivity contribution in [1.82, 2.24) is 10.2 Å². The molecule has 0 radical (unpaired) electrons. The number of hydrogen-bond donors (Lipinski definition) is 1. The van der Waals surface area contributed by atoms with Crippen LogP contribution < -0.4 is 10.1 Å². The van der Waals surface area contributed by atoms with Crippen molar-refractivity contribution in [1.29, 1.82) is 0 Å². The molecule has 1 aliphatic heterocycles. The van der Waals surface area contributed by atoms with Crippen LogP contribution in [0.2, 0.25) is 0 Å². The molecule has 6 heteroatoms. The van der Waals surface area contributed by atoms with Gasteiger partial charge in [0, 0.05) is 31.1 Å². The molecule has 1 unspecified atom stereocenters. The van der Waals surface area contributed by atoms with Gasteiger partial charge >= 0.3 is 0 Å². The number of carbonyl (C=O) groups is 1. The van der Waals surface area contributed by atoms with E-state index < -0.39 is 0 Å². The zero-order valence-corrected chi connectivity index (χ0v) is 16.0. The van der Waals surface area contributed by atoms with Gasteiger partial charge < -0.3 is 14.8 Å². The number of methoxy groups -OCH3 is 1. The number of nitrogens with zero attached hydrogens (tertiary/aromatic N) is 1. The molecule has 0 spiro atoms. The van der Waals surface area contributed by atoms with Crippen molar-refractivity contribution in [3.8, 4) is 5.75 Å². The van der Waals surface area contributed by atoms with Crippen LogP contribution in [0.3, 0.4) is 0 Å². The average molecular weight is 375 g/mol. The fourth-order valence-corrected chi connectivity index (χ4v) is 3.87. The lowest BCUT2D eigenvalue weighted by Crippen LogP contribution is -2.42. The Hall–Kier alpha value is -1.89. The summed E-state index contributed by atoms with van der Waals surface area (Å²) in [5, 5.41) is 5.17. The van der Waals surface area contributed by atoms with Crippen LogP contribution in [-0.2, 0) is 16.0 Å². The first kappa shape index (κ1) is 18.9. The number of benzene rings is 1. The van der Waals surface area contributed by atoms with Crippen molar-refractivity contribution in [2.75, 3.05) is 46.5 Å². The molecule has 2 heterocycles. The average Bonchev–Trinajstić information content (AvgIpc) is 3.20. The van der Waals surface area contributed by atoms with Gasteiger partial charge in [-0.05, 0) is 35.6 Å². The molecule has 1 atom stereocenters. The Balaban J connectivity index is 1.62. The second kappa shape index (κ2) is 9.71. The van der Waals surface area contributed by atoms with Crippen LogP contribution in [0.5, 0.6) is 5.75 Å². The fourth-order valence-electron chi connectivity index (χ4n) is 3.11. The zero-order chi connectivity index (χ0) is 18.2. The van der Waals surface area contributed by atoms with E-state index in [0.717, 1.165) is 44.2 Å². The van der Waals surface area contributed by atoms with Crippen LogP contribution in [0.1, 0.15) is 16.4 Å².